The molecule has 1 aromatic carbocycles. The molecule has 1 heterocycles. The first kappa shape index (κ1) is 21.2. The molecule has 0 aliphatic heterocycles. The zero-order valence-corrected chi connectivity index (χ0v) is 16.4. The average Bonchev–Trinajstić information content (AvgIpc) is 2.61. The van der Waals surface area contributed by atoms with Gasteiger partial charge in [0.25, 0.3) is 0 Å². The summed E-state index contributed by atoms with van der Waals surface area (Å²) in [6.45, 7) is 6.91. The maximum atomic E-state index is 12.9. The van der Waals surface area contributed by atoms with E-state index in [-0.39, 0.29) is 6.04 Å². The quantitative estimate of drug-likeness (QED) is 0.616. The first-order valence-electron chi connectivity index (χ1n) is 8.84. The highest BCUT2D eigenvalue weighted by Crippen LogP contribution is 2.31. The molecule has 146 valence electrons. The minimum Gasteiger partial charge on any atom is -0.341 e. The number of rotatable bonds is 6. The van der Waals surface area contributed by atoms with E-state index in [0.29, 0.717) is 23.3 Å². The van der Waals surface area contributed by atoms with E-state index in [1.165, 1.54) is 6.07 Å². The van der Waals surface area contributed by atoms with Crippen LogP contribution < -0.4 is 5.32 Å². The molecule has 27 heavy (non-hydrogen) atoms. The van der Waals surface area contributed by atoms with Crippen LogP contribution in [0.15, 0.2) is 48.7 Å². The largest absolute Gasteiger partial charge is 0.416 e. The number of pyridine rings is 1. The van der Waals surface area contributed by atoms with Crippen molar-refractivity contribution in [2.45, 2.75) is 39.4 Å². The lowest BCUT2D eigenvalue weighted by Crippen LogP contribution is -2.38. The molecular formula is C20H24F3N3S. The fourth-order valence-corrected chi connectivity index (χ4v) is 2.99. The van der Waals surface area contributed by atoms with Gasteiger partial charge < -0.3 is 10.2 Å². The second-order valence-corrected chi connectivity index (χ2v) is 7.20. The summed E-state index contributed by atoms with van der Waals surface area (Å²) < 4.78 is 38.8. The van der Waals surface area contributed by atoms with Crippen molar-refractivity contribution < 1.29 is 13.2 Å². The zero-order valence-electron chi connectivity index (χ0n) is 15.6. The van der Waals surface area contributed by atoms with Crippen LogP contribution in [0.1, 0.15) is 44.5 Å². The zero-order chi connectivity index (χ0) is 20.0. The van der Waals surface area contributed by atoms with Crippen molar-refractivity contribution in [1.82, 2.24) is 9.88 Å². The van der Waals surface area contributed by atoms with E-state index < -0.39 is 11.7 Å². The fraction of sp³-hybridized carbons (Fsp3) is 0.400. The van der Waals surface area contributed by atoms with Crippen LogP contribution in [0.25, 0.3) is 0 Å². The molecule has 0 aliphatic rings. The Morgan fingerprint density at radius 1 is 1.15 bits per heavy atom. The second kappa shape index (κ2) is 9.17. The molecular weight excluding hydrogens is 371 g/mol. The number of nitrogens with one attached hydrogen (secondary N) is 1. The van der Waals surface area contributed by atoms with Gasteiger partial charge in [0.15, 0.2) is 5.11 Å². The topological polar surface area (TPSA) is 28.2 Å². The smallest absolute Gasteiger partial charge is 0.341 e. The Hall–Kier alpha value is -2.15. The lowest BCUT2D eigenvalue weighted by molar-refractivity contribution is -0.137. The maximum Gasteiger partial charge on any atom is 0.416 e. The van der Waals surface area contributed by atoms with Crippen LogP contribution in [0.2, 0.25) is 0 Å². The molecule has 0 radical (unpaired) electrons. The highest BCUT2D eigenvalue weighted by Gasteiger charge is 2.30. The maximum absolute atomic E-state index is 12.9. The number of hydrogen-bond donors (Lipinski definition) is 1. The number of anilines is 1. The highest BCUT2D eigenvalue weighted by molar-refractivity contribution is 7.80. The van der Waals surface area contributed by atoms with Crippen molar-refractivity contribution in [3.63, 3.8) is 0 Å². The van der Waals surface area contributed by atoms with Gasteiger partial charge in [0.1, 0.15) is 0 Å². The second-order valence-electron chi connectivity index (χ2n) is 6.82. The minimum absolute atomic E-state index is 0.101. The number of nitrogens with zero attached hydrogens (tertiary/aromatic N) is 2. The molecule has 7 heteroatoms. The van der Waals surface area contributed by atoms with Crippen molar-refractivity contribution >= 4 is 23.0 Å². The van der Waals surface area contributed by atoms with Gasteiger partial charge in [0.2, 0.25) is 0 Å². The van der Waals surface area contributed by atoms with Crippen LogP contribution >= 0.6 is 12.2 Å². The molecule has 3 nitrogen and oxygen atoms in total. The molecule has 1 atom stereocenters. The Morgan fingerprint density at radius 2 is 1.89 bits per heavy atom. The number of hydrogen-bond acceptors (Lipinski definition) is 2. The van der Waals surface area contributed by atoms with Crippen molar-refractivity contribution in [2.24, 2.45) is 5.92 Å². The number of halogens is 3. The van der Waals surface area contributed by atoms with Gasteiger partial charge in [-0.3, -0.25) is 4.98 Å². The summed E-state index contributed by atoms with van der Waals surface area (Å²) in [6, 6.07) is 10.6. The average molecular weight is 395 g/mol. The molecule has 0 unspecified atom stereocenters. The first-order chi connectivity index (χ1) is 12.7. The lowest BCUT2D eigenvalue weighted by Gasteiger charge is -2.32. The van der Waals surface area contributed by atoms with Crippen LogP contribution in [0.5, 0.6) is 0 Å². The summed E-state index contributed by atoms with van der Waals surface area (Å²) in [5.74, 6) is 0.472. The lowest BCUT2D eigenvalue weighted by atomic mass is 10.1. The fourth-order valence-electron chi connectivity index (χ4n) is 2.62. The van der Waals surface area contributed by atoms with E-state index in [2.05, 4.69) is 24.1 Å². The summed E-state index contributed by atoms with van der Waals surface area (Å²) in [7, 11) is 0. The summed E-state index contributed by atoms with van der Waals surface area (Å²) >= 11 is 5.53. The van der Waals surface area contributed by atoms with Gasteiger partial charge in [-0.05, 0) is 61.8 Å². The summed E-state index contributed by atoms with van der Waals surface area (Å²) in [6.07, 6.45) is -1.77. The molecule has 0 bridgehead atoms. The van der Waals surface area contributed by atoms with Gasteiger partial charge in [0, 0.05) is 18.4 Å². The number of alkyl halides is 3. The van der Waals surface area contributed by atoms with E-state index in [0.717, 1.165) is 24.2 Å². The number of aromatic nitrogens is 1. The van der Waals surface area contributed by atoms with Crippen molar-refractivity contribution in [3.8, 4) is 0 Å². The third-order valence-corrected chi connectivity index (χ3v) is 4.57. The van der Waals surface area contributed by atoms with Crippen LogP contribution in [0, 0.1) is 5.92 Å². The molecule has 1 N–H and O–H groups in total. The van der Waals surface area contributed by atoms with Crippen LogP contribution in [0.4, 0.5) is 18.9 Å². The normalized spacial score (nSPS) is 12.7. The Kier molecular flexibility index (Phi) is 7.18. The molecule has 0 saturated carbocycles. The summed E-state index contributed by atoms with van der Waals surface area (Å²) in [5, 5.41) is 3.34. The Bertz CT molecular complexity index is 748. The monoisotopic (exact) mass is 395 g/mol. The van der Waals surface area contributed by atoms with Crippen LogP contribution in [-0.4, -0.2) is 21.5 Å². The van der Waals surface area contributed by atoms with E-state index in [9.17, 15) is 13.2 Å². The molecule has 1 aromatic heterocycles. The third kappa shape index (κ3) is 6.20. The van der Waals surface area contributed by atoms with Crippen LogP contribution in [0.3, 0.4) is 0 Å². The standard InChI is InChI=1S/C20H24F3N3S/c1-14(2)10-12-26(15(3)18-9-4-5-11-24-18)19(27)25-17-8-6-7-16(13-17)20(21,22)23/h4-9,11,13-15H,10,12H2,1-3H3,(H,25,27)/t15-/m0/s1. The molecule has 0 amide bonds. The Morgan fingerprint density at radius 3 is 2.48 bits per heavy atom. The van der Waals surface area contributed by atoms with Gasteiger partial charge in [-0.15, -0.1) is 0 Å². The Labute approximate surface area is 163 Å². The highest BCUT2D eigenvalue weighted by atomic mass is 32.1. The van der Waals surface area contributed by atoms with Crippen molar-refractivity contribution in [3.05, 3.63) is 59.9 Å². The molecule has 2 aromatic rings. The van der Waals surface area contributed by atoms with Crippen LogP contribution in [-0.2, 0) is 6.18 Å². The SMILES string of the molecule is CC(C)CCN(C(=S)Nc1cccc(C(F)(F)F)c1)[C@@H](C)c1ccccn1. The van der Waals surface area contributed by atoms with E-state index in [1.807, 2.05) is 30.0 Å². The molecule has 0 spiro atoms. The van der Waals surface area contributed by atoms with Gasteiger partial charge >= 0.3 is 6.18 Å². The predicted octanol–water partition coefficient (Wildman–Crippen LogP) is 5.91. The molecule has 0 aliphatic carbocycles. The van der Waals surface area contributed by atoms with E-state index in [1.54, 1.807) is 12.3 Å². The Balaban J connectivity index is 2.21. The minimum atomic E-state index is -4.39. The van der Waals surface area contributed by atoms with E-state index in [4.69, 9.17) is 12.2 Å². The van der Waals surface area contributed by atoms with Gasteiger partial charge in [-0.25, -0.2) is 0 Å². The summed E-state index contributed by atoms with van der Waals surface area (Å²) in [4.78, 5) is 6.35. The first-order valence-corrected chi connectivity index (χ1v) is 9.25. The van der Waals surface area contributed by atoms with E-state index >= 15 is 0 Å². The molecule has 0 fully saturated rings. The third-order valence-electron chi connectivity index (χ3n) is 4.23. The number of thiocarbonyl (C=S) groups is 1. The molecule has 2 rings (SSSR count). The summed E-state index contributed by atoms with van der Waals surface area (Å²) in [5.41, 5.74) is 0.467. The predicted molar refractivity (Wildman–Crippen MR) is 106 cm³/mol. The van der Waals surface area contributed by atoms with Crippen molar-refractivity contribution in [2.75, 3.05) is 11.9 Å². The van der Waals surface area contributed by atoms with Gasteiger partial charge in [-0.2, -0.15) is 13.2 Å². The number of benzene rings is 1. The van der Waals surface area contributed by atoms with Gasteiger partial charge in [0.05, 0.1) is 17.3 Å². The van der Waals surface area contributed by atoms with Gasteiger partial charge in [-0.1, -0.05) is 26.0 Å². The van der Waals surface area contributed by atoms with Crippen molar-refractivity contribution in [1.29, 1.82) is 0 Å². The molecule has 0 saturated heterocycles.